The van der Waals surface area contributed by atoms with Gasteiger partial charge in [0.2, 0.25) is 47.3 Å². The van der Waals surface area contributed by atoms with Gasteiger partial charge in [-0.05, 0) is 69.7 Å². The number of hydrogen-bond acceptors (Lipinski definition) is 12. The Kier molecular flexibility index (Phi) is 21.6. The van der Waals surface area contributed by atoms with Gasteiger partial charge in [0.15, 0.2) is 0 Å². The molecule has 0 radical (unpaired) electrons. The molecule has 1 aliphatic heterocycles. The number of unbranched alkanes of at least 4 members (excludes halogenated alkanes) is 1. The Bertz CT molecular complexity index is 1400. The summed E-state index contributed by atoms with van der Waals surface area (Å²) in [6, 6.07) is -9.11. The summed E-state index contributed by atoms with van der Waals surface area (Å²) >= 11 is 0. The minimum atomic E-state index is -1.53. The number of hydrogen-bond donors (Lipinski definition) is 11. The maximum Gasteiger partial charge on any atom is 0.326 e. The number of carboxylic acids is 1. The van der Waals surface area contributed by atoms with E-state index in [0.29, 0.717) is 19.3 Å². The molecule has 0 spiro atoms. The molecule has 21 nitrogen and oxygen atoms in total. The van der Waals surface area contributed by atoms with Crippen LogP contribution in [-0.2, 0) is 43.2 Å². The van der Waals surface area contributed by atoms with Gasteiger partial charge in [0.05, 0.1) is 13.0 Å². The van der Waals surface area contributed by atoms with Crippen LogP contribution in [0.25, 0.3) is 0 Å². The van der Waals surface area contributed by atoms with E-state index in [1.807, 2.05) is 0 Å². The summed E-state index contributed by atoms with van der Waals surface area (Å²) in [5.41, 5.74) is 21.8. The van der Waals surface area contributed by atoms with Crippen molar-refractivity contribution in [1.82, 2.24) is 31.5 Å². The molecule has 7 atom stereocenters. The standard InChI is InChI=1S/C35H62N10O11/c1-18(2)14-23(31(51)40-21(10-11-27(38)47)30(50)44-25(35(55)56)15-19(3)4)43-33(53)26-9-7-13-45(26)34(54)22(8-5-6-12-36)41-32(52)24(16-28(39)48)42-29(49)20(37)17-46/h18-26,46H,5-17,36-37H2,1-4H3,(H2,38,47)(H2,39,48)(H,40,51)(H,41,52)(H,42,49)(H,43,53)(H,44,50)(H,55,56)/t20-,21-,22-,23-,24-,25-,26-/m0/s1. The SMILES string of the molecule is CC(C)C[C@H](NC(=O)[C@H](CCC(N)=O)NC(=O)[C@H](CC(C)C)NC(=O)[C@@H]1CCCN1C(=O)[C@H](CCCCN)NC(=O)[C@H](CC(N)=O)NC(=O)[C@@H](N)CO)C(=O)O. The zero-order valence-corrected chi connectivity index (χ0v) is 32.7. The van der Waals surface area contributed by atoms with Crippen molar-refractivity contribution in [2.45, 2.75) is 134 Å². The number of rotatable bonds is 26. The molecule has 1 rings (SSSR count). The van der Waals surface area contributed by atoms with E-state index in [1.165, 1.54) is 4.90 Å². The lowest BCUT2D eigenvalue weighted by Gasteiger charge is -2.31. The highest BCUT2D eigenvalue weighted by Crippen LogP contribution is 2.21. The van der Waals surface area contributed by atoms with E-state index in [4.69, 9.17) is 22.9 Å². The topological polar surface area (TPSA) is 362 Å². The van der Waals surface area contributed by atoms with Gasteiger partial charge in [-0.3, -0.25) is 38.4 Å². The largest absolute Gasteiger partial charge is 0.480 e. The number of aliphatic hydroxyl groups is 1. The van der Waals surface area contributed by atoms with Gasteiger partial charge in [-0.25, -0.2) is 4.79 Å². The fraction of sp³-hybridized carbons (Fsp3) is 0.743. The number of carbonyl (C=O) groups is 9. The summed E-state index contributed by atoms with van der Waals surface area (Å²) in [4.78, 5) is 117. The predicted molar refractivity (Wildman–Crippen MR) is 201 cm³/mol. The van der Waals surface area contributed by atoms with Gasteiger partial charge in [0.25, 0.3) is 0 Å². The van der Waals surface area contributed by atoms with E-state index in [0.717, 1.165) is 0 Å². The first-order valence-corrected chi connectivity index (χ1v) is 18.9. The molecule has 0 unspecified atom stereocenters. The van der Waals surface area contributed by atoms with Crippen molar-refractivity contribution in [1.29, 1.82) is 0 Å². The molecule has 56 heavy (non-hydrogen) atoms. The Morgan fingerprint density at radius 1 is 0.696 bits per heavy atom. The zero-order chi connectivity index (χ0) is 42.7. The normalized spacial score (nSPS) is 17.2. The van der Waals surface area contributed by atoms with Crippen molar-refractivity contribution >= 4 is 53.2 Å². The Morgan fingerprint density at radius 3 is 1.77 bits per heavy atom. The second-order valence-electron chi connectivity index (χ2n) is 14.8. The van der Waals surface area contributed by atoms with Crippen LogP contribution in [0.3, 0.4) is 0 Å². The van der Waals surface area contributed by atoms with E-state index < -0.39 is 109 Å². The van der Waals surface area contributed by atoms with E-state index >= 15 is 0 Å². The molecule has 318 valence electrons. The Morgan fingerprint density at radius 2 is 1.23 bits per heavy atom. The van der Waals surface area contributed by atoms with E-state index in [9.17, 15) is 53.4 Å². The molecule has 0 aromatic rings. The lowest BCUT2D eigenvalue weighted by atomic mass is 10.0. The zero-order valence-electron chi connectivity index (χ0n) is 32.7. The van der Waals surface area contributed by atoms with Gasteiger partial charge in [-0.2, -0.15) is 0 Å². The molecular weight excluding hydrogens is 736 g/mol. The molecule has 0 saturated carbocycles. The number of nitrogens with one attached hydrogen (secondary N) is 5. The third-order valence-corrected chi connectivity index (χ3v) is 8.95. The average molecular weight is 799 g/mol. The molecule has 21 heteroatoms. The number of aliphatic carboxylic acids is 1. The lowest BCUT2D eigenvalue weighted by molar-refractivity contribution is -0.143. The van der Waals surface area contributed by atoms with Crippen LogP contribution in [0.2, 0.25) is 0 Å². The molecule has 15 N–H and O–H groups in total. The van der Waals surface area contributed by atoms with E-state index in [2.05, 4.69) is 26.6 Å². The molecule has 0 aromatic heterocycles. The van der Waals surface area contributed by atoms with Gasteiger partial charge in [0.1, 0.15) is 42.3 Å². The summed E-state index contributed by atoms with van der Waals surface area (Å²) < 4.78 is 0. The van der Waals surface area contributed by atoms with Gasteiger partial charge in [-0.1, -0.05) is 27.7 Å². The van der Waals surface area contributed by atoms with E-state index in [-0.39, 0.29) is 63.5 Å². The molecular formula is C35H62N10O11. The third-order valence-electron chi connectivity index (χ3n) is 8.95. The van der Waals surface area contributed by atoms with Gasteiger partial charge in [-0.15, -0.1) is 0 Å². The van der Waals surface area contributed by atoms with Crippen molar-refractivity contribution < 1.29 is 53.4 Å². The first kappa shape index (κ1) is 49.1. The Labute approximate surface area is 326 Å². The Balaban J connectivity index is 3.31. The number of nitrogens with two attached hydrogens (primary N) is 4. The smallest absolute Gasteiger partial charge is 0.326 e. The third kappa shape index (κ3) is 17.3. The number of carboxylic acid groups (broad SMARTS) is 1. The van der Waals surface area contributed by atoms with Crippen molar-refractivity contribution in [3.63, 3.8) is 0 Å². The van der Waals surface area contributed by atoms with Crippen LogP contribution in [-0.4, -0.2) is 130 Å². The average Bonchev–Trinajstić information content (AvgIpc) is 3.61. The predicted octanol–water partition coefficient (Wildman–Crippen LogP) is -3.83. The molecule has 0 bridgehead atoms. The van der Waals surface area contributed by atoms with Crippen molar-refractivity contribution in [3.8, 4) is 0 Å². The maximum absolute atomic E-state index is 14.0. The first-order valence-electron chi connectivity index (χ1n) is 18.9. The number of carbonyl (C=O) groups excluding carboxylic acids is 8. The quantitative estimate of drug-likeness (QED) is 0.0374. The number of primary amides is 2. The van der Waals surface area contributed by atoms with Crippen LogP contribution in [0.5, 0.6) is 0 Å². The molecule has 0 aromatic carbocycles. The second-order valence-corrected chi connectivity index (χ2v) is 14.8. The number of likely N-dealkylation sites (tertiary alicyclic amines) is 1. The van der Waals surface area contributed by atoms with Crippen LogP contribution in [0.4, 0.5) is 0 Å². The van der Waals surface area contributed by atoms with Crippen LogP contribution in [0.15, 0.2) is 0 Å². The summed E-state index contributed by atoms with van der Waals surface area (Å²) in [6.07, 6.45) is 0.529. The summed E-state index contributed by atoms with van der Waals surface area (Å²) in [5.74, 6) is -8.10. The minimum Gasteiger partial charge on any atom is -0.480 e. The monoisotopic (exact) mass is 798 g/mol. The molecule has 8 amide bonds. The number of aliphatic hydroxyl groups excluding tert-OH is 1. The highest BCUT2D eigenvalue weighted by molar-refractivity contribution is 5.98. The summed E-state index contributed by atoms with van der Waals surface area (Å²) in [5, 5.41) is 31.3. The molecule has 1 aliphatic rings. The highest BCUT2D eigenvalue weighted by atomic mass is 16.4. The maximum atomic E-state index is 14.0. The number of amides is 8. The van der Waals surface area contributed by atoms with Crippen molar-refractivity contribution in [2.75, 3.05) is 19.7 Å². The minimum absolute atomic E-state index is 0.0764. The van der Waals surface area contributed by atoms with Crippen molar-refractivity contribution in [2.24, 2.45) is 34.8 Å². The van der Waals surface area contributed by atoms with E-state index in [1.54, 1.807) is 27.7 Å². The lowest BCUT2D eigenvalue weighted by Crippen LogP contribution is -2.60. The molecule has 1 heterocycles. The fourth-order valence-corrected chi connectivity index (χ4v) is 6.06. The van der Waals surface area contributed by atoms with Crippen LogP contribution < -0.4 is 49.5 Å². The van der Waals surface area contributed by atoms with Crippen molar-refractivity contribution in [3.05, 3.63) is 0 Å². The second kappa shape index (κ2) is 24.6. The number of nitrogens with zero attached hydrogens (tertiary/aromatic N) is 1. The first-order chi connectivity index (χ1) is 26.2. The summed E-state index contributed by atoms with van der Waals surface area (Å²) in [7, 11) is 0. The fourth-order valence-electron chi connectivity index (χ4n) is 6.06. The molecule has 0 aliphatic carbocycles. The Hall–Kier alpha value is -4.89. The van der Waals surface area contributed by atoms with Crippen LogP contribution >= 0.6 is 0 Å². The molecule has 1 saturated heterocycles. The van der Waals surface area contributed by atoms with Gasteiger partial charge < -0.3 is 64.6 Å². The highest BCUT2D eigenvalue weighted by Gasteiger charge is 2.40. The van der Waals surface area contributed by atoms with Gasteiger partial charge >= 0.3 is 5.97 Å². The van der Waals surface area contributed by atoms with Gasteiger partial charge in [0, 0.05) is 13.0 Å². The molecule has 1 fully saturated rings. The van der Waals surface area contributed by atoms with Crippen LogP contribution in [0.1, 0.15) is 91.9 Å². The summed E-state index contributed by atoms with van der Waals surface area (Å²) in [6.45, 7) is 6.78. The van der Waals surface area contributed by atoms with Crippen LogP contribution in [0, 0.1) is 11.8 Å².